The molecule has 3 aliphatic rings. The molecule has 0 bridgehead atoms. The molecule has 2 aromatic carbocycles. The lowest BCUT2D eigenvalue weighted by Crippen LogP contribution is -2.62. The number of hydrogen-bond donors (Lipinski definition) is 0. The second-order valence-corrected chi connectivity index (χ2v) is 8.45. The number of hydrogen-bond acceptors (Lipinski definition) is 3. The van der Waals surface area contributed by atoms with Crippen molar-refractivity contribution in [3.63, 3.8) is 0 Å². The lowest BCUT2D eigenvalue weighted by molar-refractivity contribution is -0.119. The van der Waals surface area contributed by atoms with Crippen LogP contribution in [-0.4, -0.2) is 41.4 Å². The van der Waals surface area contributed by atoms with E-state index >= 15 is 0 Å². The second kappa shape index (κ2) is 6.97. The van der Waals surface area contributed by atoms with E-state index in [1.165, 1.54) is 5.56 Å². The van der Waals surface area contributed by atoms with Crippen molar-refractivity contribution in [2.24, 2.45) is 0 Å². The van der Waals surface area contributed by atoms with E-state index in [1.54, 1.807) is 15.9 Å². The Balaban J connectivity index is 1.41. The first-order valence-corrected chi connectivity index (χ1v) is 10.6. The largest absolute Gasteiger partial charge is 0.315 e. The zero-order valence-corrected chi connectivity index (χ0v) is 17.1. The third-order valence-corrected chi connectivity index (χ3v) is 6.71. The molecule has 3 aliphatic heterocycles. The molecule has 154 valence electrons. The maximum Gasteiger partial charge on any atom is 0.257 e. The molecule has 0 spiro atoms. The van der Waals surface area contributed by atoms with Crippen molar-refractivity contribution >= 4 is 29.1 Å². The topological polar surface area (TPSA) is 60.9 Å². The summed E-state index contributed by atoms with van der Waals surface area (Å²) in [5, 5.41) is 0. The molecular weight excluding hydrogens is 378 g/mol. The Hall–Kier alpha value is -3.15. The maximum absolute atomic E-state index is 13.3. The van der Waals surface area contributed by atoms with Crippen molar-refractivity contribution in [2.45, 2.75) is 44.7 Å². The van der Waals surface area contributed by atoms with Gasteiger partial charge in [-0.2, -0.15) is 0 Å². The molecule has 0 saturated carbocycles. The average molecular weight is 403 g/mol. The van der Waals surface area contributed by atoms with Crippen molar-refractivity contribution in [1.82, 2.24) is 4.90 Å². The summed E-state index contributed by atoms with van der Waals surface area (Å²) < 4.78 is 0. The summed E-state index contributed by atoms with van der Waals surface area (Å²) in [5.41, 5.74) is 2.66. The third kappa shape index (κ3) is 2.74. The minimum atomic E-state index is -0.720. The summed E-state index contributed by atoms with van der Waals surface area (Å²) in [5.74, 6) is -0.0575. The van der Waals surface area contributed by atoms with Gasteiger partial charge in [0.1, 0.15) is 5.66 Å². The summed E-state index contributed by atoms with van der Waals surface area (Å²) in [4.78, 5) is 44.4. The normalized spacial score (nSPS) is 22.6. The number of carbonyl (C=O) groups is 3. The monoisotopic (exact) mass is 403 g/mol. The van der Waals surface area contributed by atoms with E-state index in [4.69, 9.17) is 0 Å². The summed E-state index contributed by atoms with van der Waals surface area (Å²) in [7, 11) is 0. The van der Waals surface area contributed by atoms with E-state index in [9.17, 15) is 14.4 Å². The fourth-order valence-corrected chi connectivity index (χ4v) is 5.18. The van der Waals surface area contributed by atoms with Crippen LogP contribution < -0.4 is 9.80 Å². The fraction of sp³-hybridized carbons (Fsp3) is 0.375. The summed E-state index contributed by atoms with van der Waals surface area (Å²) in [6.07, 6.45) is 3.14. The quantitative estimate of drug-likeness (QED) is 0.790. The number of anilines is 2. The summed E-state index contributed by atoms with van der Waals surface area (Å²) in [6.45, 7) is 2.94. The van der Waals surface area contributed by atoms with Gasteiger partial charge in [-0.05, 0) is 49.9 Å². The van der Waals surface area contributed by atoms with Gasteiger partial charge >= 0.3 is 0 Å². The number of rotatable bonds is 3. The van der Waals surface area contributed by atoms with E-state index in [0.29, 0.717) is 37.2 Å². The van der Waals surface area contributed by atoms with E-state index in [1.807, 2.05) is 48.2 Å². The highest BCUT2D eigenvalue weighted by molar-refractivity contribution is 6.10. The summed E-state index contributed by atoms with van der Waals surface area (Å²) >= 11 is 0. The standard InChI is InChI=1S/C24H25N3O3/c1-24-14-12-22(29)27(24)20-11-5-3-9-18(20)23(30)26(24)16-13-21(28)25-15-6-8-17-7-2-4-10-19(17)25/h2-5,7,9-11H,6,8,12-16H2,1H3/t24-/m1/s1. The Labute approximate surface area is 176 Å². The molecule has 1 saturated heterocycles. The Bertz CT molecular complexity index is 1050. The van der Waals surface area contributed by atoms with Crippen LogP contribution in [0.2, 0.25) is 0 Å². The molecule has 3 heterocycles. The number of nitrogens with zero attached hydrogens (tertiary/aromatic N) is 3. The highest BCUT2D eigenvalue weighted by Crippen LogP contribution is 2.44. The predicted molar refractivity (Wildman–Crippen MR) is 114 cm³/mol. The first-order valence-electron chi connectivity index (χ1n) is 10.6. The Morgan fingerprint density at radius 2 is 1.73 bits per heavy atom. The molecule has 3 amide bonds. The second-order valence-electron chi connectivity index (χ2n) is 8.45. The van der Waals surface area contributed by atoms with E-state index in [0.717, 1.165) is 18.5 Å². The average Bonchev–Trinajstić information content (AvgIpc) is 3.08. The zero-order valence-electron chi connectivity index (χ0n) is 17.1. The molecule has 1 atom stereocenters. The molecule has 0 aromatic heterocycles. The van der Waals surface area contributed by atoms with Crippen molar-refractivity contribution in [3.05, 3.63) is 59.7 Å². The van der Waals surface area contributed by atoms with Gasteiger partial charge in [-0.3, -0.25) is 19.3 Å². The van der Waals surface area contributed by atoms with Crippen LogP contribution >= 0.6 is 0 Å². The number of amides is 3. The van der Waals surface area contributed by atoms with E-state index in [2.05, 4.69) is 6.07 Å². The van der Waals surface area contributed by atoms with Crippen molar-refractivity contribution in [3.8, 4) is 0 Å². The van der Waals surface area contributed by atoms with Gasteiger partial charge < -0.3 is 9.80 Å². The van der Waals surface area contributed by atoms with Crippen molar-refractivity contribution < 1.29 is 14.4 Å². The molecule has 6 nitrogen and oxygen atoms in total. The van der Waals surface area contributed by atoms with Gasteiger partial charge in [-0.1, -0.05) is 30.3 Å². The zero-order chi connectivity index (χ0) is 20.9. The van der Waals surface area contributed by atoms with Gasteiger partial charge in [-0.15, -0.1) is 0 Å². The van der Waals surface area contributed by atoms with Crippen LogP contribution in [0.25, 0.3) is 0 Å². The minimum absolute atomic E-state index is 0.0216. The van der Waals surface area contributed by atoms with Gasteiger partial charge in [-0.25, -0.2) is 0 Å². The van der Waals surface area contributed by atoms with E-state index < -0.39 is 5.66 Å². The number of aryl methyl sites for hydroxylation is 1. The van der Waals surface area contributed by atoms with Gasteiger partial charge in [0.2, 0.25) is 11.8 Å². The van der Waals surface area contributed by atoms with Crippen LogP contribution in [0.4, 0.5) is 11.4 Å². The molecular formula is C24H25N3O3. The van der Waals surface area contributed by atoms with Crippen LogP contribution in [0.5, 0.6) is 0 Å². The molecule has 6 heteroatoms. The molecule has 5 rings (SSSR count). The van der Waals surface area contributed by atoms with Gasteiger partial charge in [0.25, 0.3) is 5.91 Å². The Morgan fingerprint density at radius 3 is 2.57 bits per heavy atom. The van der Waals surface area contributed by atoms with Crippen molar-refractivity contribution in [1.29, 1.82) is 0 Å². The number of para-hydroxylation sites is 2. The predicted octanol–water partition coefficient (Wildman–Crippen LogP) is 3.35. The first kappa shape index (κ1) is 18.9. The van der Waals surface area contributed by atoms with Gasteiger partial charge in [0.05, 0.1) is 11.3 Å². The van der Waals surface area contributed by atoms with Crippen LogP contribution in [0.1, 0.15) is 48.5 Å². The molecule has 2 aromatic rings. The highest BCUT2D eigenvalue weighted by Gasteiger charge is 2.52. The number of fused-ring (bicyclic) bond motifs is 4. The molecule has 30 heavy (non-hydrogen) atoms. The summed E-state index contributed by atoms with van der Waals surface area (Å²) in [6, 6.07) is 15.3. The molecule has 0 N–H and O–H groups in total. The fourth-order valence-electron chi connectivity index (χ4n) is 5.18. The smallest absolute Gasteiger partial charge is 0.257 e. The first-order chi connectivity index (χ1) is 14.5. The molecule has 1 fully saturated rings. The lowest BCUT2D eigenvalue weighted by atomic mass is 9.97. The van der Waals surface area contributed by atoms with Gasteiger partial charge in [0, 0.05) is 31.6 Å². The van der Waals surface area contributed by atoms with Crippen LogP contribution in [0.15, 0.2) is 48.5 Å². The maximum atomic E-state index is 13.3. The molecule has 0 radical (unpaired) electrons. The van der Waals surface area contributed by atoms with Crippen LogP contribution in [0.3, 0.4) is 0 Å². The van der Waals surface area contributed by atoms with Gasteiger partial charge in [0.15, 0.2) is 0 Å². The Morgan fingerprint density at radius 1 is 1.00 bits per heavy atom. The Kier molecular flexibility index (Phi) is 4.38. The molecule has 0 aliphatic carbocycles. The van der Waals surface area contributed by atoms with Crippen LogP contribution in [-0.2, 0) is 16.0 Å². The SMILES string of the molecule is C[C@]12CCC(=O)N1c1ccccc1C(=O)N2CCC(=O)N1CCCc2ccccc21. The highest BCUT2D eigenvalue weighted by atomic mass is 16.2. The lowest BCUT2D eigenvalue weighted by Gasteiger charge is -2.48. The third-order valence-electron chi connectivity index (χ3n) is 6.71. The minimum Gasteiger partial charge on any atom is -0.315 e. The molecule has 0 unspecified atom stereocenters. The van der Waals surface area contributed by atoms with Crippen molar-refractivity contribution in [2.75, 3.05) is 22.9 Å². The van der Waals surface area contributed by atoms with Crippen LogP contribution in [0, 0.1) is 0 Å². The number of carbonyl (C=O) groups excluding carboxylic acids is 3. The van der Waals surface area contributed by atoms with E-state index in [-0.39, 0.29) is 24.1 Å². The number of benzene rings is 2.